The molecule has 11 heavy (non-hydrogen) atoms. The van der Waals surface area contributed by atoms with Gasteiger partial charge in [0.05, 0.1) is 9.52 Å². The lowest BCUT2D eigenvalue weighted by Crippen LogP contribution is -2.25. The fourth-order valence-electron chi connectivity index (χ4n) is 1.55. The highest BCUT2D eigenvalue weighted by Gasteiger charge is 2.13. The Bertz CT molecular complexity index is 97.7. The Hall–Kier alpha value is 0.177. The van der Waals surface area contributed by atoms with Crippen LogP contribution in [0.25, 0.3) is 0 Å². The molecule has 0 bridgehead atoms. The zero-order chi connectivity index (χ0) is 8.10. The predicted molar refractivity (Wildman–Crippen MR) is 51.8 cm³/mol. The smallest absolute Gasteiger partial charge is 0.0558 e. The van der Waals surface area contributed by atoms with E-state index in [4.69, 9.17) is 4.74 Å². The molecule has 1 saturated heterocycles. The van der Waals surface area contributed by atoms with Crippen molar-refractivity contribution in [2.45, 2.75) is 44.9 Å². The molecule has 1 heterocycles. The first-order valence-corrected chi connectivity index (χ1v) is 6.72. The number of hydrogen-bond donors (Lipinski definition) is 0. The number of ether oxygens (including phenoxy) is 1. The molecule has 1 aliphatic heterocycles. The highest BCUT2D eigenvalue weighted by molar-refractivity contribution is 6.37. The Labute approximate surface area is 72.3 Å². The lowest BCUT2D eigenvalue weighted by molar-refractivity contribution is 0.0648. The molecule has 2 heteroatoms. The van der Waals surface area contributed by atoms with E-state index in [1.54, 1.807) is 0 Å². The second-order valence-corrected chi connectivity index (χ2v) is 6.03. The van der Waals surface area contributed by atoms with Gasteiger partial charge in [0, 0.05) is 12.3 Å². The first kappa shape index (κ1) is 9.27. The van der Waals surface area contributed by atoms with Crippen LogP contribution in [-0.2, 0) is 4.74 Å². The summed E-state index contributed by atoms with van der Waals surface area (Å²) in [6.45, 7) is 5.67. The van der Waals surface area contributed by atoms with Crippen LogP contribution in [0.3, 0.4) is 0 Å². The number of hydrogen-bond acceptors (Lipinski definition) is 1. The summed E-state index contributed by atoms with van der Waals surface area (Å²) in [5, 5.41) is 0. The van der Waals surface area contributed by atoms with E-state index in [2.05, 4.69) is 13.8 Å². The Morgan fingerprint density at radius 1 is 1.45 bits per heavy atom. The second-order valence-electron chi connectivity index (χ2n) is 3.96. The van der Waals surface area contributed by atoms with Crippen molar-refractivity contribution in [3.05, 3.63) is 0 Å². The van der Waals surface area contributed by atoms with Crippen LogP contribution in [0.1, 0.15) is 33.1 Å². The molecule has 1 atom stereocenters. The first-order chi connectivity index (χ1) is 5.29. The van der Waals surface area contributed by atoms with Gasteiger partial charge in [0.15, 0.2) is 0 Å². The third kappa shape index (κ3) is 3.92. The Kier molecular flexibility index (Phi) is 4.16. The van der Waals surface area contributed by atoms with E-state index >= 15 is 0 Å². The third-order valence-corrected chi connectivity index (χ3v) is 5.12. The van der Waals surface area contributed by atoms with Crippen LogP contribution in [-0.4, -0.2) is 21.9 Å². The summed E-state index contributed by atoms with van der Waals surface area (Å²) < 4.78 is 5.69. The summed E-state index contributed by atoms with van der Waals surface area (Å²) in [5.74, 6) is 0.896. The maximum Gasteiger partial charge on any atom is 0.0558 e. The summed E-state index contributed by atoms with van der Waals surface area (Å²) >= 11 is 0. The molecule has 0 N–H and O–H groups in total. The van der Waals surface area contributed by atoms with Crippen LogP contribution in [0.4, 0.5) is 0 Å². The van der Waals surface area contributed by atoms with Gasteiger partial charge in [-0.2, -0.15) is 0 Å². The van der Waals surface area contributed by atoms with E-state index in [1.807, 2.05) is 0 Å². The minimum absolute atomic E-state index is 0.0958. The summed E-state index contributed by atoms with van der Waals surface area (Å²) in [6, 6.07) is 1.46. The lowest BCUT2D eigenvalue weighted by Gasteiger charge is -2.22. The standard InChI is InChI=1S/C9H20OSi/c1-8(2)7-11-9-5-3-4-6-10-9/h8-9H,3-7,11H2,1-2H3. The quantitative estimate of drug-likeness (QED) is 0.589. The fraction of sp³-hybridized carbons (Fsp3) is 1.00. The molecule has 1 aliphatic rings. The molecule has 1 rings (SSSR count). The molecule has 0 aromatic carbocycles. The van der Waals surface area contributed by atoms with Crippen LogP contribution in [0, 0.1) is 5.92 Å². The molecule has 0 aromatic heterocycles. The van der Waals surface area contributed by atoms with Crippen molar-refractivity contribution >= 4 is 9.52 Å². The van der Waals surface area contributed by atoms with Crippen molar-refractivity contribution in [2.24, 2.45) is 5.92 Å². The van der Waals surface area contributed by atoms with Gasteiger partial charge in [-0.25, -0.2) is 0 Å². The predicted octanol–water partition coefficient (Wildman–Crippen LogP) is 1.76. The van der Waals surface area contributed by atoms with Crippen LogP contribution in [0.2, 0.25) is 6.04 Å². The van der Waals surface area contributed by atoms with Gasteiger partial charge in [0.25, 0.3) is 0 Å². The van der Waals surface area contributed by atoms with Crippen molar-refractivity contribution < 1.29 is 4.74 Å². The van der Waals surface area contributed by atoms with Gasteiger partial charge in [-0.05, 0) is 25.2 Å². The average molecular weight is 172 g/mol. The van der Waals surface area contributed by atoms with E-state index in [-0.39, 0.29) is 9.52 Å². The molecule has 0 aliphatic carbocycles. The molecule has 66 valence electrons. The molecule has 0 radical (unpaired) electrons. The topological polar surface area (TPSA) is 9.23 Å². The molecule has 0 saturated carbocycles. The van der Waals surface area contributed by atoms with Crippen LogP contribution in [0.5, 0.6) is 0 Å². The Balaban J connectivity index is 2.05. The van der Waals surface area contributed by atoms with Crippen LogP contribution >= 0.6 is 0 Å². The van der Waals surface area contributed by atoms with Crippen molar-refractivity contribution in [1.29, 1.82) is 0 Å². The Morgan fingerprint density at radius 3 is 2.82 bits per heavy atom. The lowest BCUT2D eigenvalue weighted by atomic mass is 10.2. The third-order valence-electron chi connectivity index (χ3n) is 2.34. The highest BCUT2D eigenvalue weighted by atomic mass is 28.2. The zero-order valence-corrected chi connectivity index (χ0v) is 9.22. The van der Waals surface area contributed by atoms with E-state index in [1.165, 1.54) is 25.3 Å². The van der Waals surface area contributed by atoms with Gasteiger partial charge >= 0.3 is 0 Å². The molecule has 1 unspecified atom stereocenters. The Morgan fingerprint density at radius 2 is 2.27 bits per heavy atom. The summed E-state index contributed by atoms with van der Waals surface area (Å²) in [5.41, 5.74) is 0.728. The molecule has 1 nitrogen and oxygen atoms in total. The summed E-state index contributed by atoms with van der Waals surface area (Å²) in [7, 11) is 0.0958. The van der Waals surface area contributed by atoms with Crippen molar-refractivity contribution in [3.63, 3.8) is 0 Å². The maximum atomic E-state index is 5.69. The molecular weight excluding hydrogens is 152 g/mol. The molecule has 0 amide bonds. The molecule has 1 fully saturated rings. The van der Waals surface area contributed by atoms with Crippen molar-refractivity contribution in [2.75, 3.05) is 6.61 Å². The van der Waals surface area contributed by atoms with Crippen molar-refractivity contribution in [3.8, 4) is 0 Å². The van der Waals surface area contributed by atoms with Gasteiger partial charge < -0.3 is 4.74 Å². The maximum absolute atomic E-state index is 5.69. The normalized spacial score (nSPS) is 27.0. The highest BCUT2D eigenvalue weighted by Crippen LogP contribution is 2.14. The summed E-state index contributed by atoms with van der Waals surface area (Å²) in [4.78, 5) is 0. The minimum atomic E-state index is 0.0958. The van der Waals surface area contributed by atoms with Crippen molar-refractivity contribution in [1.82, 2.24) is 0 Å². The van der Waals surface area contributed by atoms with Gasteiger partial charge in [-0.1, -0.05) is 19.9 Å². The molecule has 0 aromatic rings. The average Bonchev–Trinajstić information content (AvgIpc) is 2.03. The van der Waals surface area contributed by atoms with E-state index in [0.717, 1.165) is 18.3 Å². The molecular formula is C9H20OSi. The van der Waals surface area contributed by atoms with E-state index in [0.29, 0.717) is 0 Å². The molecule has 0 spiro atoms. The van der Waals surface area contributed by atoms with Gasteiger partial charge in [0.2, 0.25) is 0 Å². The summed E-state index contributed by atoms with van der Waals surface area (Å²) in [6.07, 6.45) is 4.07. The SMILES string of the molecule is CC(C)C[SiH2]C1CCCCO1. The zero-order valence-electron chi connectivity index (χ0n) is 7.81. The monoisotopic (exact) mass is 172 g/mol. The fourth-order valence-corrected chi connectivity index (χ4v) is 3.50. The van der Waals surface area contributed by atoms with Crippen LogP contribution in [0.15, 0.2) is 0 Å². The van der Waals surface area contributed by atoms with Crippen LogP contribution < -0.4 is 0 Å². The van der Waals surface area contributed by atoms with Gasteiger partial charge in [0.1, 0.15) is 0 Å². The second kappa shape index (κ2) is 4.94. The van der Waals surface area contributed by atoms with Gasteiger partial charge in [-0.3, -0.25) is 0 Å². The first-order valence-electron chi connectivity index (χ1n) is 4.90. The minimum Gasteiger partial charge on any atom is -0.382 e. The number of rotatable bonds is 3. The van der Waals surface area contributed by atoms with Gasteiger partial charge in [-0.15, -0.1) is 0 Å². The van der Waals surface area contributed by atoms with E-state index in [9.17, 15) is 0 Å². The van der Waals surface area contributed by atoms with E-state index < -0.39 is 0 Å². The largest absolute Gasteiger partial charge is 0.382 e.